The largest absolute Gasteiger partial charge is 0.393 e. The molecule has 0 bridgehead atoms. The lowest BCUT2D eigenvalue weighted by atomic mass is 9.89. The highest BCUT2D eigenvalue weighted by Gasteiger charge is 2.28. The van der Waals surface area contributed by atoms with Gasteiger partial charge in [-0.2, -0.15) is 4.98 Å². The van der Waals surface area contributed by atoms with E-state index in [-0.39, 0.29) is 18.0 Å². The van der Waals surface area contributed by atoms with Gasteiger partial charge in [-0.3, -0.25) is 0 Å². The van der Waals surface area contributed by atoms with Gasteiger partial charge in [0.2, 0.25) is 5.95 Å². The number of halogens is 1. The zero-order valence-electron chi connectivity index (χ0n) is 9.07. The number of hydrogen-bond acceptors (Lipinski definition) is 5. The summed E-state index contributed by atoms with van der Waals surface area (Å²) in [6.07, 6.45) is 2.15. The number of rotatable bonds is 4. The first-order chi connectivity index (χ1) is 7.69. The van der Waals surface area contributed by atoms with Crippen LogP contribution in [0.25, 0.3) is 0 Å². The molecule has 5 nitrogen and oxygen atoms in total. The van der Waals surface area contributed by atoms with Gasteiger partial charge in [0.25, 0.3) is 0 Å². The van der Waals surface area contributed by atoms with E-state index < -0.39 is 5.82 Å². The fourth-order valence-corrected chi connectivity index (χ4v) is 1.61. The van der Waals surface area contributed by atoms with Gasteiger partial charge in [-0.25, -0.2) is 9.37 Å². The summed E-state index contributed by atoms with van der Waals surface area (Å²) in [6, 6.07) is 0.105. The summed E-state index contributed by atoms with van der Waals surface area (Å²) in [6.45, 7) is 2.61. The van der Waals surface area contributed by atoms with Crippen molar-refractivity contribution in [3.8, 4) is 0 Å². The summed E-state index contributed by atoms with van der Waals surface area (Å²) in [5.74, 6) is 0.136. The summed E-state index contributed by atoms with van der Waals surface area (Å²) in [5.41, 5.74) is 0. The van der Waals surface area contributed by atoms with Crippen molar-refractivity contribution in [3.63, 3.8) is 0 Å². The smallest absolute Gasteiger partial charge is 0.224 e. The number of nitrogens with one attached hydrogen (secondary N) is 2. The molecule has 1 heterocycles. The minimum absolute atomic E-state index is 0.105. The van der Waals surface area contributed by atoms with E-state index in [1.165, 1.54) is 0 Å². The third-order valence-electron chi connectivity index (χ3n) is 2.53. The standard InChI is InChI=1S/C10H15FN4O/c1-2-12-10-13-5-8(11)9(15-10)14-6-3-7(16)4-6/h5-7,16H,2-4H2,1H3,(H2,12,13,14,15). The summed E-state index contributed by atoms with van der Waals surface area (Å²) >= 11 is 0. The zero-order chi connectivity index (χ0) is 11.5. The van der Waals surface area contributed by atoms with Crippen molar-refractivity contribution in [1.82, 2.24) is 9.97 Å². The third kappa shape index (κ3) is 2.38. The maximum atomic E-state index is 13.4. The Kier molecular flexibility index (Phi) is 3.19. The lowest BCUT2D eigenvalue weighted by Crippen LogP contribution is -2.39. The van der Waals surface area contributed by atoms with E-state index in [4.69, 9.17) is 5.11 Å². The quantitative estimate of drug-likeness (QED) is 0.714. The van der Waals surface area contributed by atoms with Crippen molar-refractivity contribution in [2.24, 2.45) is 0 Å². The molecule has 1 saturated carbocycles. The van der Waals surface area contributed by atoms with Crippen molar-refractivity contribution >= 4 is 11.8 Å². The fourth-order valence-electron chi connectivity index (χ4n) is 1.61. The summed E-state index contributed by atoms with van der Waals surface area (Å²) in [7, 11) is 0. The van der Waals surface area contributed by atoms with Crippen LogP contribution in [0.5, 0.6) is 0 Å². The van der Waals surface area contributed by atoms with E-state index in [2.05, 4.69) is 20.6 Å². The molecule has 6 heteroatoms. The van der Waals surface area contributed by atoms with Crippen LogP contribution in [0.3, 0.4) is 0 Å². The Hall–Kier alpha value is -1.43. The Morgan fingerprint density at radius 1 is 1.56 bits per heavy atom. The van der Waals surface area contributed by atoms with Gasteiger partial charge in [-0.1, -0.05) is 0 Å². The van der Waals surface area contributed by atoms with Crippen LogP contribution in [0.2, 0.25) is 0 Å². The van der Waals surface area contributed by atoms with Crippen LogP contribution >= 0.6 is 0 Å². The number of nitrogens with zero attached hydrogens (tertiary/aromatic N) is 2. The van der Waals surface area contributed by atoms with Crippen molar-refractivity contribution in [1.29, 1.82) is 0 Å². The van der Waals surface area contributed by atoms with Gasteiger partial charge >= 0.3 is 0 Å². The lowest BCUT2D eigenvalue weighted by molar-refractivity contribution is 0.0834. The van der Waals surface area contributed by atoms with E-state index in [1.807, 2.05) is 6.92 Å². The van der Waals surface area contributed by atoms with Gasteiger partial charge in [0.05, 0.1) is 12.3 Å². The molecule has 88 valence electrons. The zero-order valence-corrected chi connectivity index (χ0v) is 9.07. The second kappa shape index (κ2) is 4.61. The Labute approximate surface area is 93.1 Å². The lowest BCUT2D eigenvalue weighted by Gasteiger charge is -2.32. The number of hydrogen-bond donors (Lipinski definition) is 3. The number of anilines is 2. The minimum atomic E-state index is -0.469. The highest BCUT2D eigenvalue weighted by molar-refractivity contribution is 5.42. The molecule has 16 heavy (non-hydrogen) atoms. The molecule has 0 amide bonds. The second-order valence-electron chi connectivity index (χ2n) is 3.89. The van der Waals surface area contributed by atoms with Gasteiger partial charge in [0.15, 0.2) is 11.6 Å². The molecule has 0 spiro atoms. The second-order valence-corrected chi connectivity index (χ2v) is 3.89. The normalized spacial score (nSPS) is 23.7. The highest BCUT2D eigenvalue weighted by Crippen LogP contribution is 2.24. The van der Waals surface area contributed by atoms with Gasteiger partial charge < -0.3 is 15.7 Å². The van der Waals surface area contributed by atoms with Crippen molar-refractivity contribution < 1.29 is 9.50 Å². The molecular weight excluding hydrogens is 211 g/mol. The monoisotopic (exact) mass is 226 g/mol. The van der Waals surface area contributed by atoms with E-state index in [0.29, 0.717) is 25.3 Å². The molecule has 0 unspecified atom stereocenters. The van der Waals surface area contributed by atoms with Gasteiger partial charge in [0.1, 0.15) is 0 Å². The molecule has 0 radical (unpaired) electrons. The van der Waals surface area contributed by atoms with E-state index in [0.717, 1.165) is 6.20 Å². The first-order valence-corrected chi connectivity index (χ1v) is 5.40. The average molecular weight is 226 g/mol. The number of aromatic nitrogens is 2. The van der Waals surface area contributed by atoms with Crippen molar-refractivity contribution in [2.75, 3.05) is 17.2 Å². The first-order valence-electron chi connectivity index (χ1n) is 5.40. The molecule has 1 aliphatic rings. The molecular formula is C10H15FN4O. The van der Waals surface area contributed by atoms with Crippen LogP contribution in [0, 0.1) is 5.82 Å². The first kappa shape index (κ1) is 11.1. The molecule has 1 aliphatic carbocycles. The molecule has 2 rings (SSSR count). The minimum Gasteiger partial charge on any atom is -0.393 e. The Morgan fingerprint density at radius 2 is 2.31 bits per heavy atom. The number of aliphatic hydroxyl groups excluding tert-OH is 1. The highest BCUT2D eigenvalue weighted by atomic mass is 19.1. The van der Waals surface area contributed by atoms with Crippen molar-refractivity contribution in [3.05, 3.63) is 12.0 Å². The molecule has 1 fully saturated rings. The van der Waals surface area contributed by atoms with E-state index in [9.17, 15) is 4.39 Å². The SMILES string of the molecule is CCNc1ncc(F)c(NC2CC(O)C2)n1. The predicted molar refractivity (Wildman–Crippen MR) is 58.8 cm³/mol. The van der Waals surface area contributed by atoms with Crippen LogP contribution in [-0.4, -0.2) is 33.8 Å². The molecule has 0 aromatic carbocycles. The maximum absolute atomic E-state index is 13.4. The summed E-state index contributed by atoms with van der Waals surface area (Å²) in [4.78, 5) is 7.83. The Balaban J connectivity index is 2.03. The van der Waals surface area contributed by atoms with Gasteiger partial charge in [0, 0.05) is 12.6 Å². The van der Waals surface area contributed by atoms with Crippen LogP contribution in [-0.2, 0) is 0 Å². The predicted octanol–water partition coefficient (Wildman–Crippen LogP) is 0.983. The van der Waals surface area contributed by atoms with Crippen LogP contribution < -0.4 is 10.6 Å². The van der Waals surface area contributed by atoms with Crippen LogP contribution in [0.4, 0.5) is 16.2 Å². The van der Waals surface area contributed by atoms with E-state index in [1.54, 1.807) is 0 Å². The Bertz CT molecular complexity index is 368. The topological polar surface area (TPSA) is 70.1 Å². The molecule has 0 saturated heterocycles. The van der Waals surface area contributed by atoms with E-state index >= 15 is 0 Å². The van der Waals surface area contributed by atoms with Crippen LogP contribution in [0.1, 0.15) is 19.8 Å². The molecule has 0 aliphatic heterocycles. The summed E-state index contributed by atoms with van der Waals surface area (Å²) in [5, 5.41) is 15.0. The maximum Gasteiger partial charge on any atom is 0.224 e. The fraction of sp³-hybridized carbons (Fsp3) is 0.600. The average Bonchev–Trinajstić information content (AvgIpc) is 2.21. The Morgan fingerprint density at radius 3 is 2.94 bits per heavy atom. The van der Waals surface area contributed by atoms with Crippen LogP contribution in [0.15, 0.2) is 6.20 Å². The molecule has 3 N–H and O–H groups in total. The third-order valence-corrected chi connectivity index (χ3v) is 2.53. The molecule has 1 aromatic rings. The molecule has 1 aromatic heterocycles. The molecule has 0 atom stereocenters. The van der Waals surface area contributed by atoms with Gasteiger partial charge in [-0.05, 0) is 19.8 Å². The van der Waals surface area contributed by atoms with Crippen molar-refractivity contribution in [2.45, 2.75) is 31.9 Å². The summed E-state index contributed by atoms with van der Waals surface area (Å²) < 4.78 is 13.4. The number of aliphatic hydroxyl groups is 1. The van der Waals surface area contributed by atoms with Gasteiger partial charge in [-0.15, -0.1) is 0 Å².